The number of amides is 1. The van der Waals surface area contributed by atoms with Crippen molar-refractivity contribution in [1.29, 1.82) is 0 Å². The molecule has 0 radical (unpaired) electrons. The van der Waals surface area contributed by atoms with Crippen LogP contribution in [0.4, 0.5) is 5.82 Å². The zero-order valence-electron chi connectivity index (χ0n) is 26.4. The SMILES string of the molecule is CCc1ccc2c(c1)[C@@H](NC[C@H](O)[C@H](Cc1ccccc1)NC(=O)c1cc(C)nc(N3CCC[C@@H](C)C3)c1)CC(C)(C)O2. The molecule has 2 aliphatic rings. The molecule has 0 saturated carbocycles. The summed E-state index contributed by atoms with van der Waals surface area (Å²) >= 11 is 0. The highest BCUT2D eigenvalue weighted by molar-refractivity contribution is 5.95. The highest BCUT2D eigenvalue weighted by Gasteiger charge is 2.34. The van der Waals surface area contributed by atoms with Gasteiger partial charge < -0.3 is 25.4 Å². The van der Waals surface area contributed by atoms with Crippen molar-refractivity contribution < 1.29 is 14.6 Å². The van der Waals surface area contributed by atoms with Crippen molar-refractivity contribution in [3.05, 3.63) is 88.6 Å². The number of rotatable bonds is 10. The van der Waals surface area contributed by atoms with E-state index < -0.39 is 12.1 Å². The number of aliphatic hydroxyl groups excluding tert-OH is 1. The highest BCUT2D eigenvalue weighted by Crippen LogP contribution is 2.40. The number of nitrogens with one attached hydrogen (secondary N) is 2. The summed E-state index contributed by atoms with van der Waals surface area (Å²) in [5.74, 6) is 2.15. The van der Waals surface area contributed by atoms with E-state index >= 15 is 0 Å². The molecule has 5 rings (SSSR count). The van der Waals surface area contributed by atoms with Gasteiger partial charge in [0.15, 0.2) is 0 Å². The second-order valence-electron chi connectivity index (χ2n) is 13.1. The number of carbonyl (C=O) groups excluding carboxylic acids is 1. The Morgan fingerprint density at radius 2 is 1.93 bits per heavy atom. The number of ether oxygens (including phenoxy) is 1. The fourth-order valence-corrected chi connectivity index (χ4v) is 6.46. The van der Waals surface area contributed by atoms with Crippen LogP contribution in [-0.4, -0.2) is 53.4 Å². The molecule has 1 fully saturated rings. The molecule has 3 heterocycles. The molecule has 0 spiro atoms. The third-order valence-corrected chi connectivity index (χ3v) is 8.78. The molecule has 4 atom stereocenters. The van der Waals surface area contributed by atoms with E-state index in [0.29, 0.717) is 24.4 Å². The lowest BCUT2D eigenvalue weighted by Crippen LogP contribution is -2.50. The van der Waals surface area contributed by atoms with Gasteiger partial charge in [0.05, 0.1) is 12.1 Å². The lowest BCUT2D eigenvalue weighted by molar-refractivity contribution is 0.0582. The van der Waals surface area contributed by atoms with Crippen molar-refractivity contribution in [2.75, 3.05) is 24.5 Å². The molecule has 3 aromatic rings. The molecule has 1 aromatic heterocycles. The van der Waals surface area contributed by atoms with Crippen LogP contribution < -0.4 is 20.3 Å². The molecule has 230 valence electrons. The Hall–Kier alpha value is -3.42. The maximum Gasteiger partial charge on any atom is 0.251 e. The molecule has 2 aliphatic heterocycles. The van der Waals surface area contributed by atoms with E-state index in [4.69, 9.17) is 9.72 Å². The number of anilines is 1. The number of benzene rings is 2. The maximum atomic E-state index is 13.7. The van der Waals surface area contributed by atoms with Gasteiger partial charge in [0.2, 0.25) is 0 Å². The monoisotopic (exact) mass is 584 g/mol. The number of aromatic nitrogens is 1. The summed E-state index contributed by atoms with van der Waals surface area (Å²) in [4.78, 5) is 20.8. The highest BCUT2D eigenvalue weighted by atomic mass is 16.5. The van der Waals surface area contributed by atoms with Gasteiger partial charge >= 0.3 is 0 Å². The second kappa shape index (κ2) is 13.5. The lowest BCUT2D eigenvalue weighted by Gasteiger charge is -2.39. The zero-order chi connectivity index (χ0) is 30.6. The van der Waals surface area contributed by atoms with Crippen molar-refractivity contribution in [2.24, 2.45) is 5.92 Å². The van der Waals surface area contributed by atoms with Crippen LogP contribution in [0.15, 0.2) is 60.7 Å². The molecule has 0 aliphatic carbocycles. The Bertz CT molecular complexity index is 1390. The van der Waals surface area contributed by atoms with Gasteiger partial charge in [-0.05, 0) is 81.7 Å². The number of piperidine rings is 1. The molecule has 7 heteroatoms. The largest absolute Gasteiger partial charge is 0.487 e. The number of aryl methyl sites for hydroxylation is 2. The summed E-state index contributed by atoms with van der Waals surface area (Å²) in [7, 11) is 0. The number of aliphatic hydroxyl groups is 1. The Labute approximate surface area is 257 Å². The topological polar surface area (TPSA) is 86.7 Å². The number of nitrogens with zero attached hydrogens (tertiary/aromatic N) is 2. The van der Waals surface area contributed by atoms with Crippen LogP contribution >= 0.6 is 0 Å². The molecule has 1 saturated heterocycles. The smallest absolute Gasteiger partial charge is 0.251 e. The number of pyridine rings is 1. The summed E-state index contributed by atoms with van der Waals surface area (Å²) in [6.45, 7) is 12.8. The van der Waals surface area contributed by atoms with E-state index in [2.05, 4.69) is 61.4 Å². The van der Waals surface area contributed by atoms with E-state index in [1.807, 2.05) is 49.4 Å². The van der Waals surface area contributed by atoms with Crippen LogP contribution in [0.25, 0.3) is 0 Å². The van der Waals surface area contributed by atoms with Crippen LogP contribution in [0.3, 0.4) is 0 Å². The van der Waals surface area contributed by atoms with Crippen molar-refractivity contribution in [3.8, 4) is 5.75 Å². The Morgan fingerprint density at radius 3 is 2.67 bits per heavy atom. The van der Waals surface area contributed by atoms with Gasteiger partial charge in [-0.1, -0.05) is 56.3 Å². The summed E-state index contributed by atoms with van der Waals surface area (Å²) < 4.78 is 6.28. The normalized spacial score (nSPS) is 20.9. The third-order valence-electron chi connectivity index (χ3n) is 8.78. The Kier molecular flexibility index (Phi) is 9.72. The summed E-state index contributed by atoms with van der Waals surface area (Å²) in [5, 5.41) is 18.4. The molecular weight excluding hydrogens is 536 g/mol. The van der Waals surface area contributed by atoms with Gasteiger partial charge in [-0.3, -0.25) is 4.79 Å². The Balaban J connectivity index is 1.34. The molecular formula is C36H48N4O3. The molecule has 2 aromatic carbocycles. The first kappa shape index (κ1) is 31.0. The fraction of sp³-hybridized carbons (Fsp3) is 0.500. The maximum absolute atomic E-state index is 13.7. The molecule has 7 nitrogen and oxygen atoms in total. The average molecular weight is 585 g/mol. The molecule has 43 heavy (non-hydrogen) atoms. The van der Waals surface area contributed by atoms with E-state index in [0.717, 1.165) is 60.7 Å². The third kappa shape index (κ3) is 7.95. The first-order chi connectivity index (χ1) is 20.6. The first-order valence-corrected chi connectivity index (χ1v) is 15.9. The number of hydrogen-bond acceptors (Lipinski definition) is 6. The van der Waals surface area contributed by atoms with Crippen LogP contribution in [0.1, 0.15) is 85.7 Å². The Morgan fingerprint density at radius 1 is 1.14 bits per heavy atom. The van der Waals surface area contributed by atoms with Gasteiger partial charge in [0, 0.05) is 48.9 Å². The quantitative estimate of drug-likeness (QED) is 0.280. The number of carbonyl (C=O) groups is 1. The molecule has 0 unspecified atom stereocenters. The van der Waals surface area contributed by atoms with E-state index in [1.165, 1.54) is 12.0 Å². The van der Waals surface area contributed by atoms with Gasteiger partial charge in [0.25, 0.3) is 5.91 Å². The molecule has 3 N–H and O–H groups in total. The minimum Gasteiger partial charge on any atom is -0.487 e. The van der Waals surface area contributed by atoms with E-state index in [-0.39, 0.29) is 17.6 Å². The minimum atomic E-state index is -0.807. The van der Waals surface area contributed by atoms with Gasteiger partial charge in [-0.25, -0.2) is 4.98 Å². The predicted molar refractivity (Wildman–Crippen MR) is 173 cm³/mol. The minimum absolute atomic E-state index is 0.0327. The van der Waals surface area contributed by atoms with Crippen molar-refractivity contribution in [2.45, 2.75) is 90.5 Å². The molecule has 1 amide bonds. The number of hydrogen-bond donors (Lipinski definition) is 3. The molecule has 0 bridgehead atoms. The van der Waals surface area contributed by atoms with Gasteiger partial charge in [-0.2, -0.15) is 0 Å². The summed E-state index contributed by atoms with van der Waals surface area (Å²) in [6.07, 6.45) is 3.79. The van der Waals surface area contributed by atoms with Gasteiger partial charge in [0.1, 0.15) is 17.2 Å². The zero-order valence-corrected chi connectivity index (χ0v) is 26.4. The number of fused-ring (bicyclic) bond motifs is 1. The van der Waals surface area contributed by atoms with E-state index in [1.54, 1.807) is 0 Å². The summed E-state index contributed by atoms with van der Waals surface area (Å²) in [6, 6.07) is 19.7. The predicted octanol–water partition coefficient (Wildman–Crippen LogP) is 5.78. The fourth-order valence-electron chi connectivity index (χ4n) is 6.46. The van der Waals surface area contributed by atoms with Crippen molar-refractivity contribution in [3.63, 3.8) is 0 Å². The lowest BCUT2D eigenvalue weighted by atomic mass is 9.88. The van der Waals surface area contributed by atoms with E-state index in [9.17, 15) is 9.90 Å². The average Bonchev–Trinajstić information content (AvgIpc) is 2.99. The van der Waals surface area contributed by atoms with Crippen LogP contribution in [0.2, 0.25) is 0 Å². The van der Waals surface area contributed by atoms with Crippen LogP contribution in [0, 0.1) is 12.8 Å². The second-order valence-corrected chi connectivity index (χ2v) is 13.1. The van der Waals surface area contributed by atoms with Crippen molar-refractivity contribution in [1.82, 2.24) is 15.6 Å². The standard InChI is InChI=1S/C36H48N4O3/c1-6-26-14-15-33-29(18-26)31(21-36(4,5)43-33)37-22-32(41)30(19-27-12-8-7-9-13-27)39-35(42)28-17-25(3)38-34(20-28)40-16-10-11-24(2)23-40/h7-9,12-15,17-18,20,24,30-32,37,41H,6,10-11,16,19,21-23H2,1-5H3,(H,39,42)/t24-,30+,31+,32+/m1/s1. The van der Waals surface area contributed by atoms with Crippen LogP contribution in [-0.2, 0) is 12.8 Å². The van der Waals surface area contributed by atoms with Gasteiger partial charge in [-0.15, -0.1) is 0 Å². The van der Waals surface area contributed by atoms with Crippen molar-refractivity contribution >= 4 is 11.7 Å². The first-order valence-electron chi connectivity index (χ1n) is 15.9. The summed E-state index contributed by atoms with van der Waals surface area (Å²) in [5.41, 5.74) is 4.51. The van der Waals surface area contributed by atoms with Crippen LogP contribution in [0.5, 0.6) is 5.75 Å².